The third-order valence-electron chi connectivity index (χ3n) is 7.30. The van der Waals surface area contributed by atoms with E-state index in [1.165, 1.54) is 0 Å². The van der Waals surface area contributed by atoms with Crippen molar-refractivity contribution in [2.24, 2.45) is 0 Å². The lowest BCUT2D eigenvalue weighted by Crippen LogP contribution is -2.38. The van der Waals surface area contributed by atoms with Gasteiger partial charge in [0.25, 0.3) is 0 Å². The van der Waals surface area contributed by atoms with E-state index < -0.39 is 9.73 Å². The summed E-state index contributed by atoms with van der Waals surface area (Å²) in [5.41, 5.74) is 2.84. The van der Waals surface area contributed by atoms with E-state index >= 15 is 0 Å². The van der Waals surface area contributed by atoms with E-state index in [0.29, 0.717) is 47.1 Å². The number of anilines is 1. The van der Waals surface area contributed by atoms with Crippen LogP contribution in [0.1, 0.15) is 31.2 Å². The van der Waals surface area contributed by atoms with Crippen LogP contribution in [0.15, 0.2) is 61.2 Å². The van der Waals surface area contributed by atoms with Crippen LogP contribution in [0.4, 0.5) is 5.82 Å². The minimum atomic E-state index is -2.48. The van der Waals surface area contributed by atoms with Gasteiger partial charge in [0.05, 0.1) is 23.5 Å². The molecule has 0 spiro atoms. The van der Waals surface area contributed by atoms with Crippen LogP contribution in [-0.2, 0) is 9.73 Å². The van der Waals surface area contributed by atoms with Gasteiger partial charge in [-0.1, -0.05) is 6.07 Å². The largest absolute Gasteiger partial charge is 0.489 e. The van der Waals surface area contributed by atoms with E-state index in [9.17, 15) is 9.47 Å². The lowest BCUT2D eigenvalue weighted by Gasteiger charge is -2.32. The molecule has 0 bridgehead atoms. The first-order valence-corrected chi connectivity index (χ1v) is 15.0. The number of nitriles is 1. The maximum atomic E-state index is 12.0. The number of piperidine rings is 1. The molecule has 4 aromatic rings. The van der Waals surface area contributed by atoms with Gasteiger partial charge in [-0.2, -0.15) is 10.4 Å². The molecule has 11 heteroatoms. The fourth-order valence-corrected chi connectivity index (χ4v) is 6.68. The topological polar surface area (TPSA) is 129 Å². The Balaban J connectivity index is 1.20. The summed E-state index contributed by atoms with van der Waals surface area (Å²) in [5, 5.41) is 14.1. The van der Waals surface area contributed by atoms with Gasteiger partial charge in [0, 0.05) is 76.8 Å². The van der Waals surface area contributed by atoms with Crippen molar-refractivity contribution in [2.75, 3.05) is 29.5 Å². The lowest BCUT2D eigenvalue weighted by atomic mass is 10.0. The van der Waals surface area contributed by atoms with Gasteiger partial charge < -0.3 is 14.4 Å². The van der Waals surface area contributed by atoms with Crippen molar-refractivity contribution in [3.8, 4) is 28.8 Å². The van der Waals surface area contributed by atoms with Gasteiger partial charge in [-0.3, -0.25) is 4.78 Å². The van der Waals surface area contributed by atoms with Crippen LogP contribution in [0.2, 0.25) is 0 Å². The number of rotatable bonds is 6. The molecule has 0 aliphatic carbocycles. The summed E-state index contributed by atoms with van der Waals surface area (Å²) < 4.78 is 33.8. The second-order valence-electron chi connectivity index (χ2n) is 9.97. The molecule has 39 heavy (non-hydrogen) atoms. The highest BCUT2D eigenvalue weighted by Gasteiger charge is 2.24. The molecule has 0 saturated carbocycles. The van der Waals surface area contributed by atoms with Crippen molar-refractivity contribution in [1.82, 2.24) is 19.6 Å². The van der Waals surface area contributed by atoms with Crippen molar-refractivity contribution in [3.05, 3.63) is 66.7 Å². The van der Waals surface area contributed by atoms with E-state index in [-0.39, 0.29) is 12.2 Å². The Morgan fingerprint density at radius 2 is 1.79 bits per heavy atom. The molecule has 0 unspecified atom stereocenters. The zero-order chi connectivity index (χ0) is 26.8. The average molecular weight is 544 g/mol. The van der Waals surface area contributed by atoms with Crippen LogP contribution in [0, 0.1) is 16.1 Å². The Labute approximate surface area is 227 Å². The molecule has 6 heterocycles. The van der Waals surface area contributed by atoms with E-state index in [0.717, 1.165) is 42.9 Å². The molecular weight excluding hydrogens is 514 g/mol. The standard InChI is InChI=1S/C28H29N7O3S/c29-16-21-18-33-35-19-24(37-23-8-13-39(30,36)14-9-23)15-25(28(21)35)20-4-5-26(32-17-20)34-11-6-22(7-12-34)38-27-3-1-2-10-31-27/h1-5,10,15,17-19,22-23,30H,6-9,11-14H2. The third-order valence-corrected chi connectivity index (χ3v) is 9.09. The molecule has 2 aliphatic rings. The van der Waals surface area contributed by atoms with Crippen molar-refractivity contribution >= 4 is 21.1 Å². The molecule has 200 valence electrons. The summed E-state index contributed by atoms with van der Waals surface area (Å²) in [5.74, 6) is 2.88. The predicted octanol–water partition coefficient (Wildman–Crippen LogP) is 4.30. The van der Waals surface area contributed by atoms with E-state index in [1.54, 1.807) is 23.1 Å². The van der Waals surface area contributed by atoms with Gasteiger partial charge in [0.1, 0.15) is 29.8 Å². The summed E-state index contributed by atoms with van der Waals surface area (Å²) >= 11 is 0. The molecule has 6 rings (SSSR count). The van der Waals surface area contributed by atoms with Gasteiger partial charge in [0.15, 0.2) is 0 Å². The Hall–Kier alpha value is -4.17. The van der Waals surface area contributed by atoms with Crippen LogP contribution >= 0.6 is 0 Å². The molecule has 2 fully saturated rings. The summed E-state index contributed by atoms with van der Waals surface area (Å²) in [7, 11) is -2.48. The van der Waals surface area contributed by atoms with E-state index in [2.05, 4.69) is 21.1 Å². The van der Waals surface area contributed by atoms with E-state index in [4.69, 9.17) is 19.2 Å². The molecule has 0 atom stereocenters. The first kappa shape index (κ1) is 25.1. The predicted molar refractivity (Wildman–Crippen MR) is 147 cm³/mol. The van der Waals surface area contributed by atoms with E-state index in [1.807, 2.05) is 42.6 Å². The number of ether oxygens (including phenoxy) is 2. The van der Waals surface area contributed by atoms with Crippen molar-refractivity contribution < 1.29 is 13.7 Å². The van der Waals surface area contributed by atoms with Crippen LogP contribution < -0.4 is 14.4 Å². The van der Waals surface area contributed by atoms with Crippen molar-refractivity contribution in [1.29, 1.82) is 10.0 Å². The van der Waals surface area contributed by atoms with Crippen molar-refractivity contribution in [3.63, 3.8) is 0 Å². The molecule has 4 aromatic heterocycles. The maximum absolute atomic E-state index is 12.0. The molecule has 0 radical (unpaired) electrons. The summed E-state index contributed by atoms with van der Waals surface area (Å²) in [6.45, 7) is 1.68. The number of hydrogen-bond donors (Lipinski definition) is 1. The minimum Gasteiger partial charge on any atom is -0.489 e. The SMILES string of the molecule is N#Cc1cnn2cc(OC3CCS(=N)(=O)CC3)cc(-c3ccc(N4CCC(Oc5ccccn5)CC4)nc3)c12. The van der Waals surface area contributed by atoms with Gasteiger partial charge in [-0.05, 0) is 37.1 Å². The fraction of sp³-hybridized carbons (Fsp3) is 0.357. The molecule has 1 N–H and O–H groups in total. The second kappa shape index (κ2) is 10.5. The van der Waals surface area contributed by atoms with Gasteiger partial charge in [-0.25, -0.2) is 18.7 Å². The number of fused-ring (bicyclic) bond motifs is 1. The average Bonchev–Trinajstić information content (AvgIpc) is 3.38. The monoisotopic (exact) mass is 543 g/mol. The van der Waals surface area contributed by atoms with Gasteiger partial charge in [0.2, 0.25) is 5.88 Å². The number of aromatic nitrogens is 4. The number of hydrogen-bond acceptors (Lipinski definition) is 9. The van der Waals surface area contributed by atoms with Gasteiger partial charge in [-0.15, -0.1) is 0 Å². The highest BCUT2D eigenvalue weighted by molar-refractivity contribution is 7.92. The Bertz CT molecular complexity index is 1590. The van der Waals surface area contributed by atoms with Gasteiger partial charge >= 0.3 is 0 Å². The van der Waals surface area contributed by atoms with Crippen LogP contribution in [0.5, 0.6) is 11.6 Å². The number of nitrogens with zero attached hydrogens (tertiary/aromatic N) is 6. The highest BCUT2D eigenvalue weighted by atomic mass is 32.2. The quantitative estimate of drug-likeness (QED) is 0.381. The summed E-state index contributed by atoms with van der Waals surface area (Å²) in [4.78, 5) is 11.3. The Morgan fingerprint density at radius 1 is 1.00 bits per heavy atom. The first-order chi connectivity index (χ1) is 19.0. The molecular formula is C28H29N7O3S. The smallest absolute Gasteiger partial charge is 0.213 e. The van der Waals surface area contributed by atoms with Crippen LogP contribution in [0.3, 0.4) is 0 Å². The molecule has 2 aliphatic heterocycles. The zero-order valence-corrected chi connectivity index (χ0v) is 22.2. The highest BCUT2D eigenvalue weighted by Crippen LogP contribution is 2.33. The molecule has 2 saturated heterocycles. The Kier molecular flexibility index (Phi) is 6.79. The number of pyridine rings is 3. The maximum Gasteiger partial charge on any atom is 0.213 e. The van der Waals surface area contributed by atoms with Crippen LogP contribution in [0.25, 0.3) is 16.6 Å². The summed E-state index contributed by atoms with van der Waals surface area (Å²) in [6, 6.07) is 13.9. The van der Waals surface area contributed by atoms with Crippen molar-refractivity contribution in [2.45, 2.75) is 37.9 Å². The summed E-state index contributed by atoms with van der Waals surface area (Å²) in [6.07, 6.45) is 9.85. The Morgan fingerprint density at radius 3 is 2.49 bits per heavy atom. The lowest BCUT2D eigenvalue weighted by molar-refractivity contribution is 0.164. The number of nitrogens with one attached hydrogen (secondary N) is 1. The normalized spacial score (nSPS) is 21.9. The molecule has 10 nitrogen and oxygen atoms in total. The fourth-order valence-electron chi connectivity index (χ4n) is 5.19. The van der Waals surface area contributed by atoms with Crippen LogP contribution in [-0.4, -0.2) is 60.6 Å². The third kappa shape index (κ3) is 5.52. The first-order valence-electron chi connectivity index (χ1n) is 13.1. The molecule has 0 aromatic carbocycles. The zero-order valence-electron chi connectivity index (χ0n) is 21.4. The minimum absolute atomic E-state index is 0.105. The second-order valence-corrected chi connectivity index (χ2v) is 12.4. The molecule has 0 amide bonds.